The Balaban J connectivity index is 0.00000106. The standard InChI is InChI=1S/C10H11F3O.C2H6/c1-6(2)8-4-3-7(5-9(8)14)10(11,12)13;1-2/h3-6,14H,1-2H3;1-2H3. The van der Waals surface area contributed by atoms with E-state index in [1.165, 1.54) is 6.07 Å². The molecule has 4 heteroatoms. The minimum atomic E-state index is -4.40. The van der Waals surface area contributed by atoms with Gasteiger partial charge >= 0.3 is 6.18 Å². The van der Waals surface area contributed by atoms with Crippen molar-refractivity contribution in [3.63, 3.8) is 0 Å². The summed E-state index contributed by atoms with van der Waals surface area (Å²) in [4.78, 5) is 0. The molecule has 0 heterocycles. The van der Waals surface area contributed by atoms with Crippen LogP contribution in [0.2, 0.25) is 0 Å². The fourth-order valence-corrected chi connectivity index (χ4v) is 1.21. The molecule has 1 aromatic carbocycles. The molecular formula is C12H17F3O. The highest BCUT2D eigenvalue weighted by molar-refractivity contribution is 5.39. The van der Waals surface area contributed by atoms with Crippen LogP contribution < -0.4 is 0 Å². The number of hydrogen-bond acceptors (Lipinski definition) is 1. The molecule has 0 spiro atoms. The summed E-state index contributed by atoms with van der Waals surface area (Å²) in [5.41, 5.74) is -0.294. The van der Waals surface area contributed by atoms with Gasteiger partial charge in [0.2, 0.25) is 0 Å². The number of benzene rings is 1. The van der Waals surface area contributed by atoms with Crippen LogP contribution in [0.4, 0.5) is 13.2 Å². The van der Waals surface area contributed by atoms with Crippen LogP contribution in [0.5, 0.6) is 5.75 Å². The van der Waals surface area contributed by atoms with Crippen molar-refractivity contribution in [2.45, 2.75) is 39.8 Å². The Morgan fingerprint density at radius 2 is 1.62 bits per heavy atom. The summed E-state index contributed by atoms with van der Waals surface area (Å²) in [6.07, 6.45) is -4.40. The monoisotopic (exact) mass is 234 g/mol. The number of hydrogen-bond donors (Lipinski definition) is 1. The molecule has 0 amide bonds. The lowest BCUT2D eigenvalue weighted by molar-refractivity contribution is -0.137. The van der Waals surface area contributed by atoms with E-state index >= 15 is 0 Å². The number of alkyl halides is 3. The quantitative estimate of drug-likeness (QED) is 0.755. The second-order valence-electron chi connectivity index (χ2n) is 3.43. The van der Waals surface area contributed by atoms with E-state index in [2.05, 4.69) is 0 Å². The van der Waals surface area contributed by atoms with Crippen molar-refractivity contribution in [1.82, 2.24) is 0 Å². The Hall–Kier alpha value is -1.19. The van der Waals surface area contributed by atoms with E-state index in [9.17, 15) is 18.3 Å². The number of phenolic OH excluding ortho intramolecular Hbond substituents is 1. The van der Waals surface area contributed by atoms with E-state index in [0.29, 0.717) is 5.56 Å². The third kappa shape index (κ3) is 3.76. The van der Waals surface area contributed by atoms with Crippen LogP contribution in [0.25, 0.3) is 0 Å². The molecule has 1 rings (SSSR count). The van der Waals surface area contributed by atoms with Crippen LogP contribution in [0.1, 0.15) is 44.7 Å². The van der Waals surface area contributed by atoms with Crippen molar-refractivity contribution >= 4 is 0 Å². The zero-order valence-electron chi connectivity index (χ0n) is 9.89. The fourth-order valence-electron chi connectivity index (χ4n) is 1.21. The number of rotatable bonds is 1. The molecule has 0 fully saturated rings. The SMILES string of the molecule is CC.CC(C)c1ccc(C(F)(F)F)cc1O. The molecule has 0 aliphatic carbocycles. The summed E-state index contributed by atoms with van der Waals surface area (Å²) in [5.74, 6) is -0.285. The van der Waals surface area contributed by atoms with Crippen molar-refractivity contribution < 1.29 is 18.3 Å². The fraction of sp³-hybridized carbons (Fsp3) is 0.500. The smallest absolute Gasteiger partial charge is 0.416 e. The minimum absolute atomic E-state index is 0.0114. The van der Waals surface area contributed by atoms with Gasteiger partial charge in [-0.2, -0.15) is 13.2 Å². The third-order valence-electron chi connectivity index (χ3n) is 1.98. The molecule has 0 unspecified atom stereocenters. The maximum atomic E-state index is 12.2. The lowest BCUT2D eigenvalue weighted by Gasteiger charge is -2.11. The highest BCUT2D eigenvalue weighted by atomic mass is 19.4. The van der Waals surface area contributed by atoms with Crippen molar-refractivity contribution in [3.05, 3.63) is 29.3 Å². The van der Waals surface area contributed by atoms with Gasteiger partial charge in [0.15, 0.2) is 0 Å². The van der Waals surface area contributed by atoms with Gasteiger partial charge in [0.1, 0.15) is 5.75 Å². The van der Waals surface area contributed by atoms with Gasteiger partial charge in [-0.05, 0) is 23.6 Å². The average molecular weight is 234 g/mol. The van der Waals surface area contributed by atoms with E-state index in [0.717, 1.165) is 12.1 Å². The van der Waals surface area contributed by atoms with Gasteiger partial charge in [-0.15, -0.1) is 0 Å². The van der Waals surface area contributed by atoms with Crippen LogP contribution in [0.15, 0.2) is 18.2 Å². The minimum Gasteiger partial charge on any atom is -0.508 e. The molecule has 0 atom stereocenters. The molecule has 16 heavy (non-hydrogen) atoms. The van der Waals surface area contributed by atoms with Crippen LogP contribution in [0.3, 0.4) is 0 Å². The molecule has 1 nitrogen and oxygen atoms in total. The summed E-state index contributed by atoms with van der Waals surface area (Å²) >= 11 is 0. The van der Waals surface area contributed by atoms with E-state index in [-0.39, 0.29) is 11.7 Å². The molecule has 92 valence electrons. The van der Waals surface area contributed by atoms with Gasteiger partial charge in [-0.1, -0.05) is 33.8 Å². The Kier molecular flexibility index (Phi) is 5.35. The summed E-state index contributed by atoms with van der Waals surface area (Å²) in [5, 5.41) is 9.33. The Morgan fingerprint density at radius 1 is 1.12 bits per heavy atom. The lowest BCUT2D eigenvalue weighted by Crippen LogP contribution is -2.05. The van der Waals surface area contributed by atoms with Crippen molar-refractivity contribution in [1.29, 1.82) is 0 Å². The predicted molar refractivity (Wildman–Crippen MR) is 58.5 cm³/mol. The van der Waals surface area contributed by atoms with Crippen molar-refractivity contribution in [3.8, 4) is 5.75 Å². The van der Waals surface area contributed by atoms with Crippen molar-refractivity contribution in [2.75, 3.05) is 0 Å². The normalized spacial score (nSPS) is 11.0. The van der Waals surface area contributed by atoms with Gasteiger partial charge in [-0.3, -0.25) is 0 Å². The molecule has 1 aromatic rings. The molecule has 0 aliphatic heterocycles. The number of phenols is 1. The Morgan fingerprint density at radius 3 is 1.94 bits per heavy atom. The topological polar surface area (TPSA) is 20.2 Å². The summed E-state index contributed by atoms with van der Waals surface area (Å²) in [6.45, 7) is 7.62. The van der Waals surface area contributed by atoms with E-state index < -0.39 is 11.7 Å². The molecule has 0 saturated carbocycles. The van der Waals surface area contributed by atoms with Crippen molar-refractivity contribution in [2.24, 2.45) is 0 Å². The summed E-state index contributed by atoms with van der Waals surface area (Å²) < 4.78 is 36.6. The largest absolute Gasteiger partial charge is 0.508 e. The van der Waals surface area contributed by atoms with Crippen LogP contribution in [-0.4, -0.2) is 5.11 Å². The number of aromatic hydroxyl groups is 1. The van der Waals surface area contributed by atoms with Crippen LogP contribution in [-0.2, 0) is 6.18 Å². The average Bonchev–Trinajstić information content (AvgIpc) is 2.18. The molecule has 0 aliphatic rings. The van der Waals surface area contributed by atoms with Gasteiger partial charge in [0, 0.05) is 0 Å². The molecule has 1 N–H and O–H groups in total. The molecule has 0 aromatic heterocycles. The molecular weight excluding hydrogens is 217 g/mol. The van der Waals surface area contributed by atoms with E-state index in [1.54, 1.807) is 0 Å². The zero-order chi connectivity index (χ0) is 12.9. The Bertz CT molecular complexity index is 330. The molecule has 0 radical (unpaired) electrons. The van der Waals surface area contributed by atoms with Gasteiger partial charge in [0.25, 0.3) is 0 Å². The summed E-state index contributed by atoms with van der Waals surface area (Å²) in [6, 6.07) is 3.05. The highest BCUT2D eigenvalue weighted by Gasteiger charge is 2.31. The molecule has 0 bridgehead atoms. The van der Waals surface area contributed by atoms with Gasteiger partial charge < -0.3 is 5.11 Å². The maximum absolute atomic E-state index is 12.2. The first-order valence-electron chi connectivity index (χ1n) is 5.22. The van der Waals surface area contributed by atoms with E-state index in [4.69, 9.17) is 0 Å². The van der Waals surface area contributed by atoms with Gasteiger partial charge in [0.05, 0.1) is 5.56 Å². The Labute approximate surface area is 93.9 Å². The third-order valence-corrected chi connectivity index (χ3v) is 1.98. The maximum Gasteiger partial charge on any atom is 0.416 e. The van der Waals surface area contributed by atoms with Crippen LogP contribution in [0, 0.1) is 0 Å². The first-order valence-corrected chi connectivity index (χ1v) is 5.22. The lowest BCUT2D eigenvalue weighted by atomic mass is 10.0. The summed E-state index contributed by atoms with van der Waals surface area (Å²) in [7, 11) is 0. The van der Waals surface area contributed by atoms with Gasteiger partial charge in [-0.25, -0.2) is 0 Å². The second-order valence-corrected chi connectivity index (χ2v) is 3.43. The van der Waals surface area contributed by atoms with Crippen LogP contribution >= 0.6 is 0 Å². The second kappa shape index (κ2) is 5.77. The first-order chi connectivity index (χ1) is 7.32. The van der Waals surface area contributed by atoms with E-state index in [1.807, 2.05) is 27.7 Å². The predicted octanol–water partition coefficient (Wildman–Crippen LogP) is 4.56. The first kappa shape index (κ1) is 14.8. The molecule has 0 saturated heterocycles. The zero-order valence-corrected chi connectivity index (χ0v) is 9.89. The highest BCUT2D eigenvalue weighted by Crippen LogP contribution is 2.34. The number of halogens is 3.